The summed E-state index contributed by atoms with van der Waals surface area (Å²) < 4.78 is 0. The zero-order valence-electron chi connectivity index (χ0n) is 12.7. The lowest BCUT2D eigenvalue weighted by atomic mass is 9.84. The lowest BCUT2D eigenvalue weighted by Gasteiger charge is -2.36. The molecule has 19 heavy (non-hydrogen) atoms. The summed E-state index contributed by atoms with van der Waals surface area (Å²) in [7, 11) is 2.13. The van der Waals surface area contributed by atoms with E-state index in [0.29, 0.717) is 6.54 Å². The minimum Gasteiger partial charge on any atom is -0.368 e. The minimum absolute atomic E-state index is 0.00630. The lowest BCUT2D eigenvalue weighted by Crippen LogP contribution is -2.47. The second-order valence-electron chi connectivity index (χ2n) is 6.50. The summed E-state index contributed by atoms with van der Waals surface area (Å²) in [5, 5.41) is 0. The maximum Gasteiger partial charge on any atom is 0.0464 e. The van der Waals surface area contributed by atoms with Crippen LogP contribution in [-0.4, -0.2) is 19.1 Å². The fourth-order valence-electron chi connectivity index (χ4n) is 2.89. The molecule has 1 aliphatic rings. The van der Waals surface area contributed by atoms with E-state index in [0.717, 1.165) is 5.92 Å². The highest BCUT2D eigenvalue weighted by atomic mass is 15.2. The molecule has 1 aromatic carbocycles. The SMILES string of the molecule is CN(c1ccc(C2CCCCC2)cc1)C(C)(C)CN. The lowest BCUT2D eigenvalue weighted by molar-refractivity contribution is 0.443. The van der Waals surface area contributed by atoms with E-state index in [4.69, 9.17) is 5.73 Å². The Hall–Kier alpha value is -1.02. The number of likely N-dealkylation sites (N-methyl/N-ethyl adjacent to an activating group) is 1. The van der Waals surface area contributed by atoms with Gasteiger partial charge in [-0.2, -0.15) is 0 Å². The number of nitrogens with zero attached hydrogens (tertiary/aromatic N) is 1. The van der Waals surface area contributed by atoms with E-state index in [2.05, 4.69) is 50.1 Å². The van der Waals surface area contributed by atoms with Crippen LogP contribution in [0.5, 0.6) is 0 Å². The van der Waals surface area contributed by atoms with Crippen LogP contribution in [0.3, 0.4) is 0 Å². The fraction of sp³-hybridized carbons (Fsp3) is 0.647. The third-order valence-corrected chi connectivity index (χ3v) is 4.76. The Kier molecular flexibility index (Phi) is 4.51. The Morgan fingerprint density at radius 3 is 2.21 bits per heavy atom. The van der Waals surface area contributed by atoms with Crippen molar-refractivity contribution in [2.75, 3.05) is 18.5 Å². The Balaban J connectivity index is 2.09. The second kappa shape index (κ2) is 5.96. The minimum atomic E-state index is 0.00630. The predicted molar refractivity (Wildman–Crippen MR) is 83.8 cm³/mol. The van der Waals surface area contributed by atoms with Crippen molar-refractivity contribution in [1.29, 1.82) is 0 Å². The van der Waals surface area contributed by atoms with E-state index in [1.807, 2.05) is 0 Å². The van der Waals surface area contributed by atoms with Crippen molar-refractivity contribution < 1.29 is 0 Å². The number of rotatable bonds is 4. The van der Waals surface area contributed by atoms with E-state index in [1.54, 1.807) is 0 Å². The van der Waals surface area contributed by atoms with Crippen molar-refractivity contribution in [2.24, 2.45) is 5.73 Å². The topological polar surface area (TPSA) is 29.3 Å². The third kappa shape index (κ3) is 3.30. The van der Waals surface area contributed by atoms with E-state index in [1.165, 1.54) is 43.4 Å². The van der Waals surface area contributed by atoms with Gasteiger partial charge in [-0.15, -0.1) is 0 Å². The van der Waals surface area contributed by atoms with Crippen molar-refractivity contribution >= 4 is 5.69 Å². The molecule has 0 aliphatic heterocycles. The fourth-order valence-corrected chi connectivity index (χ4v) is 2.89. The van der Waals surface area contributed by atoms with Gasteiger partial charge in [-0.05, 0) is 50.3 Å². The van der Waals surface area contributed by atoms with Crippen LogP contribution >= 0.6 is 0 Å². The molecule has 0 unspecified atom stereocenters. The zero-order chi connectivity index (χ0) is 13.9. The number of benzene rings is 1. The van der Waals surface area contributed by atoms with Crippen LogP contribution < -0.4 is 10.6 Å². The average molecular weight is 260 g/mol. The van der Waals surface area contributed by atoms with Gasteiger partial charge in [0.25, 0.3) is 0 Å². The van der Waals surface area contributed by atoms with Gasteiger partial charge in [0, 0.05) is 24.8 Å². The standard InChI is InChI=1S/C17H28N2/c1-17(2,13-18)19(3)16-11-9-15(10-12-16)14-7-5-4-6-8-14/h9-12,14H,4-8,13,18H2,1-3H3. The van der Waals surface area contributed by atoms with Crippen molar-refractivity contribution in [2.45, 2.75) is 57.4 Å². The normalized spacial score (nSPS) is 17.5. The van der Waals surface area contributed by atoms with Gasteiger partial charge in [-0.3, -0.25) is 0 Å². The molecule has 1 aromatic rings. The molecule has 0 bridgehead atoms. The zero-order valence-corrected chi connectivity index (χ0v) is 12.7. The van der Waals surface area contributed by atoms with Crippen molar-refractivity contribution in [3.8, 4) is 0 Å². The van der Waals surface area contributed by atoms with E-state index < -0.39 is 0 Å². The molecule has 0 aromatic heterocycles. The molecular weight excluding hydrogens is 232 g/mol. The number of nitrogens with two attached hydrogens (primary N) is 1. The molecule has 2 nitrogen and oxygen atoms in total. The number of hydrogen-bond acceptors (Lipinski definition) is 2. The van der Waals surface area contributed by atoms with Crippen LogP contribution in [0.4, 0.5) is 5.69 Å². The third-order valence-electron chi connectivity index (χ3n) is 4.76. The van der Waals surface area contributed by atoms with Crippen molar-refractivity contribution in [3.05, 3.63) is 29.8 Å². The highest BCUT2D eigenvalue weighted by molar-refractivity contribution is 5.49. The van der Waals surface area contributed by atoms with Gasteiger partial charge in [0.1, 0.15) is 0 Å². The van der Waals surface area contributed by atoms with Crippen LogP contribution in [0.15, 0.2) is 24.3 Å². The van der Waals surface area contributed by atoms with Gasteiger partial charge in [-0.1, -0.05) is 31.4 Å². The first-order valence-corrected chi connectivity index (χ1v) is 7.58. The molecule has 1 saturated carbocycles. The van der Waals surface area contributed by atoms with Crippen LogP contribution in [0, 0.1) is 0 Å². The van der Waals surface area contributed by atoms with Crippen LogP contribution in [0.2, 0.25) is 0 Å². The van der Waals surface area contributed by atoms with Gasteiger partial charge in [0.05, 0.1) is 0 Å². The van der Waals surface area contributed by atoms with E-state index in [9.17, 15) is 0 Å². The molecule has 0 amide bonds. The first-order valence-electron chi connectivity index (χ1n) is 7.58. The molecule has 0 saturated heterocycles. The second-order valence-corrected chi connectivity index (χ2v) is 6.50. The Morgan fingerprint density at radius 1 is 1.11 bits per heavy atom. The maximum atomic E-state index is 5.85. The quantitative estimate of drug-likeness (QED) is 0.889. The summed E-state index contributed by atoms with van der Waals surface area (Å²) in [6.07, 6.45) is 6.94. The highest BCUT2D eigenvalue weighted by Gasteiger charge is 2.22. The number of anilines is 1. The summed E-state index contributed by atoms with van der Waals surface area (Å²) in [6, 6.07) is 9.13. The molecular formula is C17H28N2. The molecule has 0 radical (unpaired) electrons. The molecule has 0 heterocycles. The smallest absolute Gasteiger partial charge is 0.0464 e. The summed E-state index contributed by atoms with van der Waals surface area (Å²) in [6.45, 7) is 5.03. The molecule has 2 heteroatoms. The van der Waals surface area contributed by atoms with Gasteiger partial charge >= 0.3 is 0 Å². The molecule has 2 N–H and O–H groups in total. The Morgan fingerprint density at radius 2 is 1.68 bits per heavy atom. The summed E-state index contributed by atoms with van der Waals surface area (Å²) in [5.41, 5.74) is 8.63. The predicted octanol–water partition coefficient (Wildman–Crippen LogP) is 3.91. The Labute approximate surface area is 118 Å². The molecule has 1 aliphatic carbocycles. The van der Waals surface area contributed by atoms with Crippen LogP contribution in [0.1, 0.15) is 57.4 Å². The first-order chi connectivity index (χ1) is 9.04. The molecule has 106 valence electrons. The molecule has 1 fully saturated rings. The van der Waals surface area contributed by atoms with Crippen molar-refractivity contribution in [3.63, 3.8) is 0 Å². The monoisotopic (exact) mass is 260 g/mol. The molecule has 2 rings (SSSR count). The van der Waals surface area contributed by atoms with E-state index >= 15 is 0 Å². The maximum absolute atomic E-state index is 5.85. The molecule has 0 atom stereocenters. The van der Waals surface area contributed by atoms with Crippen LogP contribution in [-0.2, 0) is 0 Å². The average Bonchev–Trinajstić information content (AvgIpc) is 2.47. The van der Waals surface area contributed by atoms with Gasteiger partial charge < -0.3 is 10.6 Å². The summed E-state index contributed by atoms with van der Waals surface area (Å²) in [4.78, 5) is 2.28. The van der Waals surface area contributed by atoms with Gasteiger partial charge in [-0.25, -0.2) is 0 Å². The summed E-state index contributed by atoms with van der Waals surface area (Å²) >= 11 is 0. The molecule has 0 spiro atoms. The van der Waals surface area contributed by atoms with Gasteiger partial charge in [0.2, 0.25) is 0 Å². The van der Waals surface area contributed by atoms with Gasteiger partial charge in [0.15, 0.2) is 0 Å². The summed E-state index contributed by atoms with van der Waals surface area (Å²) in [5.74, 6) is 0.788. The number of hydrogen-bond donors (Lipinski definition) is 1. The highest BCUT2D eigenvalue weighted by Crippen LogP contribution is 2.33. The van der Waals surface area contributed by atoms with Crippen molar-refractivity contribution in [1.82, 2.24) is 0 Å². The Bertz CT molecular complexity index is 388. The van der Waals surface area contributed by atoms with Crippen LogP contribution in [0.25, 0.3) is 0 Å². The largest absolute Gasteiger partial charge is 0.368 e. The van der Waals surface area contributed by atoms with E-state index in [-0.39, 0.29) is 5.54 Å². The first kappa shape index (κ1) is 14.4.